The number of rotatable bonds is 2. The van der Waals surface area contributed by atoms with Gasteiger partial charge in [0.05, 0.1) is 5.02 Å². The first-order chi connectivity index (χ1) is 8.04. The zero-order valence-electron chi connectivity index (χ0n) is 9.63. The minimum Gasteiger partial charge on any atom is -0.321 e. The van der Waals surface area contributed by atoms with Gasteiger partial charge in [-0.15, -0.1) is 0 Å². The van der Waals surface area contributed by atoms with Gasteiger partial charge in [-0.1, -0.05) is 31.7 Å². The Hall–Kier alpha value is -1.54. The van der Waals surface area contributed by atoms with Crippen LogP contribution in [0.4, 0.5) is 4.39 Å². The number of hydrogen-bond acceptors (Lipinski definition) is 1. The maximum atomic E-state index is 13.3. The van der Waals surface area contributed by atoms with Gasteiger partial charge >= 0.3 is 0 Å². The van der Waals surface area contributed by atoms with Crippen LogP contribution in [0.25, 0.3) is 11.8 Å². The second-order valence-electron chi connectivity index (χ2n) is 3.91. The van der Waals surface area contributed by atoms with Crippen molar-refractivity contribution in [2.45, 2.75) is 13.3 Å². The van der Waals surface area contributed by atoms with E-state index in [4.69, 9.17) is 11.6 Å². The first-order valence-corrected chi connectivity index (χ1v) is 5.76. The highest BCUT2D eigenvalue weighted by Crippen LogP contribution is 2.34. The Kier molecular flexibility index (Phi) is 3.07. The van der Waals surface area contributed by atoms with Gasteiger partial charge < -0.3 is 4.90 Å². The number of benzene rings is 1. The molecule has 0 radical (unpaired) electrons. The second kappa shape index (κ2) is 4.38. The van der Waals surface area contributed by atoms with E-state index in [9.17, 15) is 4.39 Å². The van der Waals surface area contributed by atoms with Crippen molar-refractivity contribution < 1.29 is 4.39 Å². The maximum Gasteiger partial charge on any atom is 0.142 e. The van der Waals surface area contributed by atoms with E-state index in [1.807, 2.05) is 24.1 Å². The molecule has 17 heavy (non-hydrogen) atoms. The Labute approximate surface area is 106 Å². The Morgan fingerprint density at radius 2 is 2.18 bits per heavy atom. The summed E-state index contributed by atoms with van der Waals surface area (Å²) < 4.78 is 13.3. The summed E-state index contributed by atoms with van der Waals surface area (Å²) in [7, 11) is 0. The SMILES string of the molecule is C=C(CC)N1C=Cc2cc(F)c(Cl)cc2C1=C. The molecule has 0 spiro atoms. The highest BCUT2D eigenvalue weighted by molar-refractivity contribution is 6.31. The first-order valence-electron chi connectivity index (χ1n) is 5.38. The molecule has 0 atom stereocenters. The van der Waals surface area contributed by atoms with Crippen molar-refractivity contribution >= 4 is 23.4 Å². The van der Waals surface area contributed by atoms with E-state index in [1.54, 1.807) is 6.07 Å². The molecular weight excluding hydrogens is 237 g/mol. The van der Waals surface area contributed by atoms with Gasteiger partial charge in [0.2, 0.25) is 0 Å². The fraction of sp³-hybridized carbons (Fsp3) is 0.143. The van der Waals surface area contributed by atoms with Crippen LogP contribution in [-0.4, -0.2) is 4.90 Å². The number of fused-ring (bicyclic) bond motifs is 1. The first kappa shape index (κ1) is 11.9. The van der Waals surface area contributed by atoms with Crippen molar-refractivity contribution in [2.24, 2.45) is 0 Å². The third-order valence-electron chi connectivity index (χ3n) is 2.85. The van der Waals surface area contributed by atoms with Gasteiger partial charge in [-0.25, -0.2) is 4.39 Å². The van der Waals surface area contributed by atoms with Crippen LogP contribution < -0.4 is 0 Å². The lowest BCUT2D eigenvalue weighted by atomic mass is 10.0. The molecule has 1 aromatic rings. The predicted octanol–water partition coefficient (Wildman–Crippen LogP) is 4.66. The van der Waals surface area contributed by atoms with Crippen molar-refractivity contribution in [1.82, 2.24) is 4.90 Å². The summed E-state index contributed by atoms with van der Waals surface area (Å²) in [5, 5.41) is 0.113. The van der Waals surface area contributed by atoms with E-state index in [1.165, 1.54) is 6.07 Å². The lowest BCUT2D eigenvalue weighted by molar-refractivity contribution is 0.619. The van der Waals surface area contributed by atoms with Gasteiger partial charge in [-0.3, -0.25) is 0 Å². The van der Waals surface area contributed by atoms with Crippen LogP contribution >= 0.6 is 11.6 Å². The van der Waals surface area contributed by atoms with Crippen LogP contribution in [0.15, 0.2) is 37.2 Å². The molecule has 0 saturated carbocycles. The molecule has 1 heterocycles. The highest BCUT2D eigenvalue weighted by Gasteiger charge is 2.18. The largest absolute Gasteiger partial charge is 0.321 e. The zero-order valence-corrected chi connectivity index (χ0v) is 10.4. The fourth-order valence-electron chi connectivity index (χ4n) is 1.79. The molecule has 1 nitrogen and oxygen atoms in total. The molecule has 0 aliphatic carbocycles. The van der Waals surface area contributed by atoms with Gasteiger partial charge in [0.1, 0.15) is 5.82 Å². The summed E-state index contributed by atoms with van der Waals surface area (Å²) in [5.41, 5.74) is 3.35. The molecule has 0 unspecified atom stereocenters. The maximum absolute atomic E-state index is 13.3. The smallest absolute Gasteiger partial charge is 0.142 e. The Morgan fingerprint density at radius 3 is 2.82 bits per heavy atom. The van der Waals surface area contributed by atoms with E-state index >= 15 is 0 Å². The molecule has 0 bridgehead atoms. The fourth-order valence-corrected chi connectivity index (χ4v) is 1.95. The van der Waals surface area contributed by atoms with E-state index in [0.717, 1.165) is 28.9 Å². The molecule has 0 aromatic heterocycles. The van der Waals surface area contributed by atoms with Gasteiger partial charge in [0.25, 0.3) is 0 Å². The molecule has 0 N–H and O–H groups in total. The Morgan fingerprint density at radius 1 is 1.47 bits per heavy atom. The summed E-state index contributed by atoms with van der Waals surface area (Å²) >= 11 is 5.79. The Bertz CT molecular complexity index is 531. The van der Waals surface area contributed by atoms with Crippen molar-refractivity contribution in [3.63, 3.8) is 0 Å². The average Bonchev–Trinajstić information content (AvgIpc) is 2.31. The van der Waals surface area contributed by atoms with E-state index in [2.05, 4.69) is 13.2 Å². The summed E-state index contributed by atoms with van der Waals surface area (Å²) in [6.07, 6.45) is 4.52. The minimum atomic E-state index is -0.411. The lowest BCUT2D eigenvalue weighted by Gasteiger charge is -2.29. The Balaban J connectivity index is 2.49. The number of halogens is 2. The normalized spacial score (nSPS) is 13.8. The molecule has 1 aromatic carbocycles. The van der Waals surface area contributed by atoms with Crippen molar-refractivity contribution in [3.05, 3.63) is 59.2 Å². The number of nitrogens with zero attached hydrogens (tertiary/aromatic N) is 1. The molecule has 1 aliphatic rings. The van der Waals surface area contributed by atoms with Gasteiger partial charge in [-0.2, -0.15) is 0 Å². The molecule has 0 amide bonds. The van der Waals surface area contributed by atoms with Crippen molar-refractivity contribution in [3.8, 4) is 0 Å². The standard InChI is InChI=1S/C14H13ClFN/c1-4-9(2)17-6-5-11-7-14(16)13(15)8-12(11)10(17)3/h5-8H,2-4H2,1H3. The van der Waals surface area contributed by atoms with E-state index < -0.39 is 5.82 Å². The van der Waals surface area contributed by atoms with Crippen LogP contribution in [0.5, 0.6) is 0 Å². The second-order valence-corrected chi connectivity index (χ2v) is 4.31. The quantitative estimate of drug-likeness (QED) is 0.737. The lowest BCUT2D eigenvalue weighted by Crippen LogP contribution is -2.17. The zero-order chi connectivity index (χ0) is 12.6. The highest BCUT2D eigenvalue weighted by atomic mass is 35.5. The summed E-state index contributed by atoms with van der Waals surface area (Å²) in [4.78, 5) is 1.90. The minimum absolute atomic E-state index is 0.113. The molecule has 0 fully saturated rings. The number of allylic oxidation sites excluding steroid dienone is 1. The van der Waals surface area contributed by atoms with Gasteiger partial charge in [0, 0.05) is 23.2 Å². The van der Waals surface area contributed by atoms with E-state index in [0.29, 0.717) is 0 Å². The molecule has 3 heteroatoms. The van der Waals surface area contributed by atoms with Crippen LogP contribution in [0, 0.1) is 5.82 Å². The van der Waals surface area contributed by atoms with Crippen molar-refractivity contribution in [1.29, 1.82) is 0 Å². The van der Waals surface area contributed by atoms with Crippen LogP contribution in [0.1, 0.15) is 24.5 Å². The molecular formula is C14H13ClFN. The summed E-state index contributed by atoms with van der Waals surface area (Å²) in [6, 6.07) is 3.03. The number of hydrogen-bond donors (Lipinski definition) is 0. The summed E-state index contributed by atoms with van der Waals surface area (Å²) in [6.45, 7) is 10.0. The van der Waals surface area contributed by atoms with E-state index in [-0.39, 0.29) is 5.02 Å². The third-order valence-corrected chi connectivity index (χ3v) is 3.14. The predicted molar refractivity (Wildman–Crippen MR) is 70.7 cm³/mol. The topological polar surface area (TPSA) is 3.24 Å². The molecule has 2 rings (SSSR count). The molecule has 1 aliphatic heterocycles. The average molecular weight is 250 g/mol. The summed E-state index contributed by atoms with van der Waals surface area (Å²) in [5.74, 6) is -0.411. The van der Waals surface area contributed by atoms with Gasteiger partial charge in [-0.05, 0) is 30.2 Å². The van der Waals surface area contributed by atoms with Gasteiger partial charge in [0.15, 0.2) is 0 Å². The van der Waals surface area contributed by atoms with Crippen LogP contribution in [0.3, 0.4) is 0 Å². The molecule has 88 valence electrons. The monoisotopic (exact) mass is 249 g/mol. The third kappa shape index (κ3) is 2.01. The van der Waals surface area contributed by atoms with Crippen LogP contribution in [-0.2, 0) is 0 Å². The van der Waals surface area contributed by atoms with Crippen molar-refractivity contribution in [2.75, 3.05) is 0 Å². The van der Waals surface area contributed by atoms with Crippen LogP contribution in [0.2, 0.25) is 5.02 Å². The molecule has 0 saturated heterocycles.